The first-order chi connectivity index (χ1) is 5.22. The Kier molecular flexibility index (Phi) is 5.47. The van der Waals surface area contributed by atoms with Gasteiger partial charge < -0.3 is 10.5 Å². The minimum absolute atomic E-state index is 0.333. The highest BCUT2D eigenvalue weighted by Crippen LogP contribution is 1.94. The Labute approximate surface area is 67.2 Å². The van der Waals surface area contributed by atoms with Gasteiger partial charge in [-0.1, -0.05) is 13.0 Å². The summed E-state index contributed by atoms with van der Waals surface area (Å²) in [6.45, 7) is 4.79. The highest BCUT2D eigenvalue weighted by atomic mass is 16.5. The van der Waals surface area contributed by atoms with Gasteiger partial charge in [-0.05, 0) is 13.3 Å². The van der Waals surface area contributed by atoms with Gasteiger partial charge in [-0.25, -0.2) is 0 Å². The lowest BCUT2D eigenvalue weighted by Gasteiger charge is -2.02. The smallest absolute Gasteiger partial charge is 0.246 e. The zero-order valence-corrected chi connectivity index (χ0v) is 7.09. The van der Waals surface area contributed by atoms with Crippen molar-refractivity contribution in [3.63, 3.8) is 0 Å². The number of carbonyl (C=O) groups excluding carboxylic acids is 1. The molecule has 3 heteroatoms. The first-order valence-corrected chi connectivity index (χ1v) is 3.75. The van der Waals surface area contributed by atoms with Crippen LogP contribution in [0.3, 0.4) is 0 Å². The lowest BCUT2D eigenvalue weighted by molar-refractivity contribution is -0.115. The molecule has 0 aromatic heterocycles. The van der Waals surface area contributed by atoms with Crippen LogP contribution in [0.2, 0.25) is 0 Å². The maximum Gasteiger partial charge on any atom is 0.246 e. The number of hydrogen-bond acceptors (Lipinski definition) is 2. The molecule has 11 heavy (non-hydrogen) atoms. The van der Waals surface area contributed by atoms with Crippen LogP contribution in [0, 0.1) is 0 Å². The van der Waals surface area contributed by atoms with E-state index in [1.54, 1.807) is 13.0 Å². The fraction of sp³-hybridized carbons (Fsp3) is 0.625. The Morgan fingerprint density at radius 2 is 2.27 bits per heavy atom. The molecule has 3 nitrogen and oxygen atoms in total. The van der Waals surface area contributed by atoms with Crippen molar-refractivity contribution in [2.75, 3.05) is 13.2 Å². The summed E-state index contributed by atoms with van der Waals surface area (Å²) in [5, 5.41) is 0. The molecule has 64 valence electrons. The van der Waals surface area contributed by atoms with Crippen LogP contribution in [-0.4, -0.2) is 19.1 Å². The lowest BCUT2D eigenvalue weighted by atomic mass is 10.2. The summed E-state index contributed by atoms with van der Waals surface area (Å²) in [5.41, 5.74) is 5.58. The van der Waals surface area contributed by atoms with Crippen LogP contribution in [0.4, 0.5) is 0 Å². The lowest BCUT2D eigenvalue weighted by Crippen LogP contribution is -2.17. The molecular weight excluding hydrogens is 142 g/mol. The van der Waals surface area contributed by atoms with Gasteiger partial charge >= 0.3 is 0 Å². The summed E-state index contributed by atoms with van der Waals surface area (Å²) in [7, 11) is 0. The molecule has 0 atom stereocenters. The maximum atomic E-state index is 10.6. The number of primary amides is 1. The van der Waals surface area contributed by atoms with Crippen molar-refractivity contribution in [1.82, 2.24) is 0 Å². The average molecular weight is 157 g/mol. The third-order valence-corrected chi connectivity index (χ3v) is 1.27. The molecule has 2 N–H and O–H groups in total. The fourth-order valence-corrected chi connectivity index (χ4v) is 0.623. The first-order valence-electron chi connectivity index (χ1n) is 3.75. The first kappa shape index (κ1) is 10.2. The van der Waals surface area contributed by atoms with Crippen LogP contribution in [0.25, 0.3) is 0 Å². The number of nitrogens with two attached hydrogens (primary N) is 1. The second-order valence-corrected chi connectivity index (χ2v) is 2.23. The second-order valence-electron chi connectivity index (χ2n) is 2.23. The van der Waals surface area contributed by atoms with Crippen LogP contribution in [-0.2, 0) is 9.53 Å². The predicted molar refractivity (Wildman–Crippen MR) is 44.1 cm³/mol. The topological polar surface area (TPSA) is 52.3 Å². The molecule has 0 aromatic carbocycles. The predicted octanol–water partition coefficient (Wildman–Crippen LogP) is 0.845. The summed E-state index contributed by atoms with van der Waals surface area (Å²) in [6, 6.07) is 0. The molecule has 0 saturated carbocycles. The van der Waals surface area contributed by atoms with Crippen LogP contribution in [0.1, 0.15) is 20.3 Å². The van der Waals surface area contributed by atoms with E-state index in [1.165, 1.54) is 0 Å². The van der Waals surface area contributed by atoms with Gasteiger partial charge in [0.2, 0.25) is 5.91 Å². The van der Waals surface area contributed by atoms with Gasteiger partial charge in [-0.3, -0.25) is 4.79 Å². The van der Waals surface area contributed by atoms with Gasteiger partial charge in [0, 0.05) is 12.2 Å². The van der Waals surface area contributed by atoms with E-state index >= 15 is 0 Å². The second kappa shape index (κ2) is 5.92. The average Bonchev–Trinajstić information content (AvgIpc) is 1.97. The SMILES string of the molecule is C/C=C(/COCCC)C(N)=O. The standard InChI is InChI=1S/C8H15NO2/c1-3-5-11-6-7(4-2)8(9)10/h4H,3,5-6H2,1-2H3,(H2,9,10)/b7-4-. The van der Waals surface area contributed by atoms with Gasteiger partial charge in [0.15, 0.2) is 0 Å². The van der Waals surface area contributed by atoms with E-state index in [4.69, 9.17) is 10.5 Å². The molecule has 0 rings (SSSR count). The van der Waals surface area contributed by atoms with Gasteiger partial charge in [-0.2, -0.15) is 0 Å². The molecule has 0 unspecified atom stereocenters. The molecule has 0 aromatic rings. The Morgan fingerprint density at radius 1 is 1.64 bits per heavy atom. The number of ether oxygens (including phenoxy) is 1. The van der Waals surface area contributed by atoms with E-state index in [0.717, 1.165) is 6.42 Å². The van der Waals surface area contributed by atoms with E-state index in [2.05, 4.69) is 0 Å². The molecule has 0 bridgehead atoms. The van der Waals surface area contributed by atoms with Crippen molar-refractivity contribution in [3.8, 4) is 0 Å². The maximum absolute atomic E-state index is 10.6. The summed E-state index contributed by atoms with van der Waals surface area (Å²) < 4.78 is 5.13. The summed E-state index contributed by atoms with van der Waals surface area (Å²) in [6.07, 6.45) is 2.63. The van der Waals surface area contributed by atoms with E-state index in [0.29, 0.717) is 18.8 Å². The molecule has 0 heterocycles. The zero-order valence-electron chi connectivity index (χ0n) is 7.09. The Bertz CT molecular complexity index is 152. The monoisotopic (exact) mass is 157 g/mol. The van der Waals surface area contributed by atoms with Gasteiger partial charge in [0.25, 0.3) is 0 Å². The Balaban J connectivity index is 3.63. The highest BCUT2D eigenvalue weighted by molar-refractivity contribution is 5.92. The molecule has 0 aliphatic heterocycles. The Hall–Kier alpha value is -0.830. The van der Waals surface area contributed by atoms with Crippen LogP contribution < -0.4 is 5.73 Å². The highest BCUT2D eigenvalue weighted by Gasteiger charge is 2.01. The largest absolute Gasteiger partial charge is 0.377 e. The van der Waals surface area contributed by atoms with Crippen LogP contribution in [0.5, 0.6) is 0 Å². The number of carbonyl (C=O) groups is 1. The van der Waals surface area contributed by atoms with Crippen molar-refractivity contribution in [2.24, 2.45) is 5.73 Å². The van der Waals surface area contributed by atoms with Crippen LogP contribution >= 0.6 is 0 Å². The normalized spacial score (nSPS) is 11.6. The van der Waals surface area contributed by atoms with E-state index in [-0.39, 0.29) is 0 Å². The molecule has 1 amide bonds. The van der Waals surface area contributed by atoms with Crippen LogP contribution in [0.15, 0.2) is 11.6 Å². The molecule has 0 saturated heterocycles. The van der Waals surface area contributed by atoms with Crippen molar-refractivity contribution in [3.05, 3.63) is 11.6 Å². The van der Waals surface area contributed by atoms with Crippen molar-refractivity contribution >= 4 is 5.91 Å². The Morgan fingerprint density at radius 3 is 2.64 bits per heavy atom. The number of hydrogen-bond donors (Lipinski definition) is 1. The van der Waals surface area contributed by atoms with Gasteiger partial charge in [0.1, 0.15) is 0 Å². The summed E-state index contributed by atoms with van der Waals surface area (Å²) in [5.74, 6) is -0.399. The van der Waals surface area contributed by atoms with E-state index in [1.807, 2.05) is 6.92 Å². The number of amides is 1. The summed E-state index contributed by atoms with van der Waals surface area (Å²) in [4.78, 5) is 10.6. The van der Waals surface area contributed by atoms with E-state index in [9.17, 15) is 4.79 Å². The third kappa shape index (κ3) is 4.56. The minimum Gasteiger partial charge on any atom is -0.377 e. The van der Waals surface area contributed by atoms with Crippen molar-refractivity contribution in [2.45, 2.75) is 20.3 Å². The fourth-order valence-electron chi connectivity index (χ4n) is 0.623. The zero-order chi connectivity index (χ0) is 8.69. The minimum atomic E-state index is -0.399. The van der Waals surface area contributed by atoms with Gasteiger partial charge in [0.05, 0.1) is 6.61 Å². The quantitative estimate of drug-likeness (QED) is 0.475. The van der Waals surface area contributed by atoms with Crippen molar-refractivity contribution in [1.29, 1.82) is 0 Å². The van der Waals surface area contributed by atoms with E-state index < -0.39 is 5.91 Å². The molecule has 0 aliphatic rings. The van der Waals surface area contributed by atoms with Crippen molar-refractivity contribution < 1.29 is 9.53 Å². The molecule has 0 aliphatic carbocycles. The molecule has 0 radical (unpaired) electrons. The molecule has 0 fully saturated rings. The third-order valence-electron chi connectivity index (χ3n) is 1.27. The number of rotatable bonds is 5. The van der Waals surface area contributed by atoms with Gasteiger partial charge in [-0.15, -0.1) is 0 Å². The molecule has 0 spiro atoms. The molecular formula is C8H15NO2. The summed E-state index contributed by atoms with van der Waals surface area (Å²) >= 11 is 0. The number of allylic oxidation sites excluding steroid dienone is 1.